The molecule has 0 spiro atoms. The number of rotatable bonds is 7. The molecule has 2 aliphatic rings. The highest BCUT2D eigenvalue weighted by Crippen LogP contribution is 2.37. The monoisotopic (exact) mass is 448 g/mol. The van der Waals surface area contributed by atoms with Gasteiger partial charge in [0.05, 0.1) is 37.4 Å². The molecule has 8 nitrogen and oxygen atoms in total. The van der Waals surface area contributed by atoms with Gasteiger partial charge in [-0.1, -0.05) is 27.7 Å². The van der Waals surface area contributed by atoms with Crippen LogP contribution in [-0.4, -0.2) is 69.7 Å². The quantitative estimate of drug-likeness (QED) is 0.349. The SMILES string of the molecule is CC1(C)CC(=O)/C(=C(/O)CC/C(O)=C2\C(=O)CC(C)(C)CC2=NCCO)C(=NCCO)C1. The number of ketones is 2. The minimum Gasteiger partial charge on any atom is -0.511 e. The van der Waals surface area contributed by atoms with Gasteiger partial charge in [-0.3, -0.25) is 19.6 Å². The third-order valence-electron chi connectivity index (χ3n) is 5.69. The molecule has 0 unspecified atom stereocenters. The summed E-state index contributed by atoms with van der Waals surface area (Å²) in [5, 5.41) is 39.7. The second-order valence-corrected chi connectivity index (χ2v) is 10.1. The maximum absolute atomic E-state index is 12.7. The van der Waals surface area contributed by atoms with E-state index in [1.165, 1.54) is 0 Å². The van der Waals surface area contributed by atoms with E-state index in [0.29, 0.717) is 24.3 Å². The minimum atomic E-state index is -0.293. The van der Waals surface area contributed by atoms with Crippen LogP contribution in [0.1, 0.15) is 66.2 Å². The van der Waals surface area contributed by atoms with Gasteiger partial charge in [0.2, 0.25) is 0 Å². The molecule has 0 atom stereocenters. The number of aliphatic imine (C=N–C) groups is 2. The van der Waals surface area contributed by atoms with Gasteiger partial charge >= 0.3 is 0 Å². The number of carbonyl (C=O) groups is 2. The summed E-state index contributed by atoms with van der Waals surface area (Å²) in [7, 11) is 0. The molecule has 0 saturated heterocycles. The molecule has 0 radical (unpaired) electrons. The smallest absolute Gasteiger partial charge is 0.168 e. The van der Waals surface area contributed by atoms with E-state index in [9.17, 15) is 19.8 Å². The fourth-order valence-electron chi connectivity index (χ4n) is 4.36. The summed E-state index contributed by atoms with van der Waals surface area (Å²) in [6.07, 6.45) is 1.47. The molecule has 0 heterocycles. The number of Topliss-reactive ketones (excluding diaryl/α,β-unsaturated/α-hetero) is 2. The molecule has 0 aliphatic heterocycles. The highest BCUT2D eigenvalue weighted by molar-refractivity contribution is 6.25. The van der Waals surface area contributed by atoms with Crippen LogP contribution in [-0.2, 0) is 9.59 Å². The van der Waals surface area contributed by atoms with Crippen molar-refractivity contribution in [1.82, 2.24) is 0 Å². The van der Waals surface area contributed by atoms with Crippen LogP contribution in [0.25, 0.3) is 0 Å². The van der Waals surface area contributed by atoms with Crippen molar-refractivity contribution in [1.29, 1.82) is 0 Å². The van der Waals surface area contributed by atoms with Gasteiger partial charge in [-0.05, 0) is 23.7 Å². The van der Waals surface area contributed by atoms with Gasteiger partial charge in [0.15, 0.2) is 11.6 Å². The van der Waals surface area contributed by atoms with Crippen molar-refractivity contribution in [3.63, 3.8) is 0 Å². The second kappa shape index (κ2) is 10.5. The van der Waals surface area contributed by atoms with E-state index in [-0.39, 0.29) is 97.0 Å². The zero-order valence-electron chi connectivity index (χ0n) is 19.6. The molecule has 8 heteroatoms. The summed E-state index contributed by atoms with van der Waals surface area (Å²) in [6, 6.07) is 0. The molecule has 0 amide bonds. The van der Waals surface area contributed by atoms with E-state index in [4.69, 9.17) is 10.2 Å². The Morgan fingerprint density at radius 1 is 0.719 bits per heavy atom. The average molecular weight is 449 g/mol. The van der Waals surface area contributed by atoms with Crippen molar-refractivity contribution < 1.29 is 30.0 Å². The molecule has 0 aromatic heterocycles. The van der Waals surface area contributed by atoms with E-state index in [0.717, 1.165) is 0 Å². The molecule has 0 bridgehead atoms. The number of nitrogens with zero attached hydrogens (tertiary/aromatic N) is 2. The van der Waals surface area contributed by atoms with Crippen LogP contribution in [0.15, 0.2) is 32.6 Å². The topological polar surface area (TPSA) is 140 Å². The molecule has 0 aromatic rings. The zero-order chi connectivity index (χ0) is 24.1. The maximum Gasteiger partial charge on any atom is 0.168 e. The Balaban J connectivity index is 2.33. The van der Waals surface area contributed by atoms with E-state index < -0.39 is 0 Å². The standard InChI is InChI=1S/C24H36N2O6/c1-23(2)11-15(25-7-9-27)21(19(31)13-23)17(29)5-6-18(30)22-16(26-8-10-28)12-24(3,4)14-20(22)32/h27-30H,5-14H2,1-4H3/b21-17+,22-18+,25-15?,26-16?. The number of hydrogen-bond donors (Lipinski definition) is 4. The van der Waals surface area contributed by atoms with E-state index in [1.54, 1.807) is 0 Å². The van der Waals surface area contributed by atoms with Gasteiger partial charge in [0.1, 0.15) is 11.5 Å². The summed E-state index contributed by atoms with van der Waals surface area (Å²) < 4.78 is 0. The molecule has 32 heavy (non-hydrogen) atoms. The number of aliphatic hydroxyl groups excluding tert-OH is 4. The van der Waals surface area contributed by atoms with Gasteiger partial charge in [-0.15, -0.1) is 0 Å². The first-order valence-corrected chi connectivity index (χ1v) is 11.1. The summed E-state index contributed by atoms with van der Waals surface area (Å²) in [4.78, 5) is 34.1. The Bertz CT molecular complexity index is 805. The van der Waals surface area contributed by atoms with E-state index in [2.05, 4.69) is 9.98 Å². The molecule has 178 valence electrons. The first-order valence-electron chi connectivity index (χ1n) is 11.1. The molecule has 2 aliphatic carbocycles. The number of aliphatic hydroxyl groups is 4. The minimum absolute atomic E-state index is 0.0288. The molecule has 2 saturated carbocycles. The Morgan fingerprint density at radius 2 is 1.06 bits per heavy atom. The average Bonchev–Trinajstić information content (AvgIpc) is 2.66. The van der Waals surface area contributed by atoms with E-state index >= 15 is 0 Å². The summed E-state index contributed by atoms with van der Waals surface area (Å²) in [5.74, 6) is -0.787. The van der Waals surface area contributed by atoms with E-state index in [1.807, 2.05) is 27.7 Å². The highest BCUT2D eigenvalue weighted by Gasteiger charge is 2.37. The van der Waals surface area contributed by atoms with Crippen LogP contribution >= 0.6 is 0 Å². The highest BCUT2D eigenvalue weighted by atomic mass is 16.3. The van der Waals surface area contributed by atoms with Gasteiger partial charge < -0.3 is 20.4 Å². The maximum atomic E-state index is 12.7. The van der Waals surface area contributed by atoms with Crippen LogP contribution in [0.5, 0.6) is 0 Å². The Morgan fingerprint density at radius 3 is 1.38 bits per heavy atom. The molecule has 4 N–H and O–H groups in total. The van der Waals surface area contributed by atoms with Crippen molar-refractivity contribution in [3.05, 3.63) is 22.7 Å². The van der Waals surface area contributed by atoms with Gasteiger partial charge in [-0.25, -0.2) is 0 Å². The lowest BCUT2D eigenvalue weighted by molar-refractivity contribution is -0.118. The summed E-state index contributed by atoms with van der Waals surface area (Å²) in [5.41, 5.74) is 0.648. The van der Waals surface area contributed by atoms with Crippen molar-refractivity contribution in [2.75, 3.05) is 26.3 Å². The van der Waals surface area contributed by atoms with Crippen LogP contribution in [0.3, 0.4) is 0 Å². The van der Waals surface area contributed by atoms with Gasteiger partial charge in [0.25, 0.3) is 0 Å². The fourth-order valence-corrected chi connectivity index (χ4v) is 4.36. The lowest BCUT2D eigenvalue weighted by atomic mass is 9.72. The van der Waals surface area contributed by atoms with Crippen LogP contribution in [0.2, 0.25) is 0 Å². The van der Waals surface area contributed by atoms with Crippen molar-refractivity contribution in [3.8, 4) is 0 Å². The Hall–Kier alpha value is -2.32. The lowest BCUT2D eigenvalue weighted by Gasteiger charge is -2.32. The van der Waals surface area contributed by atoms with Crippen molar-refractivity contribution >= 4 is 23.0 Å². The number of allylic oxidation sites excluding steroid dienone is 4. The third-order valence-corrected chi connectivity index (χ3v) is 5.69. The van der Waals surface area contributed by atoms with Crippen LogP contribution < -0.4 is 0 Å². The predicted molar refractivity (Wildman–Crippen MR) is 123 cm³/mol. The van der Waals surface area contributed by atoms with Crippen molar-refractivity contribution in [2.24, 2.45) is 20.8 Å². The largest absolute Gasteiger partial charge is 0.511 e. The molecular formula is C24H36N2O6. The van der Waals surface area contributed by atoms with Gasteiger partial charge in [0, 0.05) is 37.1 Å². The predicted octanol–water partition coefficient (Wildman–Crippen LogP) is 3.04. The molecular weight excluding hydrogens is 412 g/mol. The lowest BCUT2D eigenvalue weighted by Crippen LogP contribution is -2.33. The molecule has 2 fully saturated rings. The van der Waals surface area contributed by atoms with Crippen molar-refractivity contribution in [2.45, 2.75) is 66.2 Å². The molecule has 2 rings (SSSR count). The van der Waals surface area contributed by atoms with Crippen LogP contribution in [0, 0.1) is 10.8 Å². The number of hydrogen-bond acceptors (Lipinski definition) is 8. The number of carbonyl (C=O) groups excluding carboxylic acids is 2. The first-order chi connectivity index (χ1) is 14.9. The van der Waals surface area contributed by atoms with Crippen LogP contribution in [0.4, 0.5) is 0 Å². The Kier molecular flexibility index (Phi) is 8.54. The summed E-state index contributed by atoms with van der Waals surface area (Å²) in [6.45, 7) is 7.76. The Labute approximate surface area is 189 Å². The second-order valence-electron chi connectivity index (χ2n) is 10.1. The van der Waals surface area contributed by atoms with Gasteiger partial charge in [-0.2, -0.15) is 0 Å². The first kappa shape index (κ1) is 25.9. The fraction of sp³-hybridized carbons (Fsp3) is 0.667. The summed E-state index contributed by atoms with van der Waals surface area (Å²) >= 11 is 0. The normalized spacial score (nSPS) is 26.6. The zero-order valence-corrected chi connectivity index (χ0v) is 19.6. The molecule has 0 aromatic carbocycles. The third kappa shape index (κ3) is 6.59.